The van der Waals surface area contributed by atoms with Crippen molar-refractivity contribution in [3.8, 4) is 28.7 Å². The Morgan fingerprint density at radius 3 is 1.66 bits per heavy atom. The van der Waals surface area contributed by atoms with E-state index in [-0.39, 0.29) is 44.7 Å². The third kappa shape index (κ3) is 15.0. The van der Waals surface area contributed by atoms with Crippen LogP contribution < -0.4 is 18.9 Å². The number of β-amino-alcohol motifs (C(OH)–C–C–N with tert-alkyl or cyclic N) is 1. The number of phenolic OH excluding ortho intramolecular Hbond substituents is 1. The number of likely N-dealkylation sites (tertiary alicyclic amines) is 2. The second-order valence-electron chi connectivity index (χ2n) is 13.0. The molecule has 2 saturated heterocycles. The van der Waals surface area contributed by atoms with Gasteiger partial charge in [0.1, 0.15) is 23.4 Å². The summed E-state index contributed by atoms with van der Waals surface area (Å²) in [6.07, 6.45) is -1.59. The number of benzene rings is 4. The summed E-state index contributed by atoms with van der Waals surface area (Å²) in [6, 6.07) is 28.5. The summed E-state index contributed by atoms with van der Waals surface area (Å²) < 4.78 is 55.3. The van der Waals surface area contributed by atoms with E-state index in [1.165, 1.54) is 23.3 Å². The molecule has 0 saturated carbocycles. The summed E-state index contributed by atoms with van der Waals surface area (Å²) >= 11 is 0. The third-order valence-electron chi connectivity index (χ3n) is 8.88. The normalized spacial score (nSPS) is 16.0. The molecular weight excluding hydrogens is 729 g/mol. The van der Waals surface area contributed by atoms with Gasteiger partial charge in [0.25, 0.3) is 11.8 Å². The predicted octanol–water partition coefficient (Wildman–Crippen LogP) is 7.76. The molecule has 304 valence electrons. The quantitative estimate of drug-likeness (QED) is 0.159. The number of hydrogen-bond donors (Lipinski definition) is 2. The smallest absolute Gasteiger partial charge is 0.504 e. The van der Waals surface area contributed by atoms with E-state index in [0.717, 1.165) is 48.5 Å². The molecule has 56 heavy (non-hydrogen) atoms. The fourth-order valence-electron chi connectivity index (χ4n) is 5.67. The largest absolute Gasteiger partial charge is 0.573 e. The second kappa shape index (κ2) is 22.2. The van der Waals surface area contributed by atoms with Gasteiger partial charge >= 0.3 is 6.36 Å². The Bertz CT molecular complexity index is 1790. The van der Waals surface area contributed by atoms with Crippen LogP contribution in [0.3, 0.4) is 0 Å². The molecule has 2 aliphatic rings. The minimum atomic E-state index is -4.77. The van der Waals surface area contributed by atoms with E-state index in [0.29, 0.717) is 38.3 Å². The Morgan fingerprint density at radius 1 is 0.714 bits per heavy atom. The van der Waals surface area contributed by atoms with Crippen molar-refractivity contribution < 1.29 is 51.9 Å². The lowest BCUT2D eigenvalue weighted by molar-refractivity contribution is -0.275. The van der Waals surface area contributed by atoms with Gasteiger partial charge in [-0.3, -0.25) is 9.59 Å². The van der Waals surface area contributed by atoms with Gasteiger partial charge in [0.2, 0.25) is 0 Å². The first-order valence-electron chi connectivity index (χ1n) is 18.3. The number of ether oxygens (including phenoxy) is 4. The van der Waals surface area contributed by atoms with Gasteiger partial charge in [-0.05, 0) is 85.3 Å². The summed E-state index contributed by atoms with van der Waals surface area (Å²) in [4.78, 5) is 27.6. The molecule has 2 amide bonds. The van der Waals surface area contributed by atoms with Crippen molar-refractivity contribution in [1.82, 2.24) is 9.80 Å². The van der Waals surface area contributed by atoms with Gasteiger partial charge in [0, 0.05) is 26.1 Å². The molecule has 4 aromatic carbocycles. The first-order valence-corrected chi connectivity index (χ1v) is 18.3. The number of phenols is 1. The Hall–Kier alpha value is -5.43. The fourth-order valence-corrected chi connectivity index (χ4v) is 5.67. The molecule has 10 nitrogen and oxygen atoms in total. The molecule has 0 spiro atoms. The highest BCUT2D eigenvalue weighted by Gasteiger charge is 2.32. The van der Waals surface area contributed by atoms with Crippen LogP contribution in [-0.2, 0) is 22.4 Å². The number of carbonyl (C=O) groups is 2. The molecule has 2 aliphatic heterocycles. The average molecular weight is 783 g/mol. The zero-order valence-electron chi connectivity index (χ0n) is 31.3. The molecule has 6 rings (SSSR count). The standard InChI is InChI=1S/C21H25NO3.C14H19NO3.C7H5F3O2.CH4/c1-3-17-8-10-18(11-9-17)24-15-21(23)22-13-12-19(14-22)25-20-7-5-4-6-16(20)2;1-2-11-3-5-13(6-4-11)18-10-14(17)15-8-7-12(16)9-15;8-7(9,10)12-6-4-2-1-3-5(6)11;/h4-11,19H,3,12-15H2,1-2H3;3-6,12,16H,2,7-10H2,1H3;1-4,11H;1H4/t19-;12-;;/m00../s1. The number of aromatic hydroxyl groups is 1. The number of alkyl halides is 3. The summed E-state index contributed by atoms with van der Waals surface area (Å²) in [5, 5.41) is 18.2. The van der Waals surface area contributed by atoms with Crippen LogP contribution in [0.25, 0.3) is 0 Å². The van der Waals surface area contributed by atoms with E-state index < -0.39 is 17.9 Å². The molecule has 2 N–H and O–H groups in total. The maximum Gasteiger partial charge on any atom is 0.573 e. The molecule has 4 aromatic rings. The Balaban J connectivity index is 0.000000238. The highest BCUT2D eigenvalue weighted by Crippen LogP contribution is 2.30. The number of amides is 2. The van der Waals surface area contributed by atoms with Crippen LogP contribution in [-0.4, -0.2) is 89.8 Å². The van der Waals surface area contributed by atoms with Crippen LogP contribution in [0.2, 0.25) is 0 Å². The van der Waals surface area contributed by atoms with Gasteiger partial charge in [0.15, 0.2) is 24.7 Å². The number of para-hydroxylation sites is 3. The third-order valence-corrected chi connectivity index (χ3v) is 8.88. The van der Waals surface area contributed by atoms with Crippen molar-refractivity contribution in [2.75, 3.05) is 39.4 Å². The highest BCUT2D eigenvalue weighted by atomic mass is 19.4. The molecular formula is C43H53F3N2O8. The van der Waals surface area contributed by atoms with Gasteiger partial charge in [-0.15, -0.1) is 13.2 Å². The van der Waals surface area contributed by atoms with E-state index in [9.17, 15) is 27.9 Å². The Kier molecular flexibility index (Phi) is 17.8. The number of aliphatic hydroxyl groups is 1. The predicted molar refractivity (Wildman–Crippen MR) is 208 cm³/mol. The van der Waals surface area contributed by atoms with Crippen LogP contribution in [0.5, 0.6) is 28.7 Å². The first-order chi connectivity index (χ1) is 26.3. The van der Waals surface area contributed by atoms with Crippen molar-refractivity contribution in [3.05, 3.63) is 114 Å². The van der Waals surface area contributed by atoms with Gasteiger partial charge in [0.05, 0.1) is 12.6 Å². The Labute approximate surface area is 327 Å². The monoisotopic (exact) mass is 782 g/mol. The molecule has 0 aliphatic carbocycles. The van der Waals surface area contributed by atoms with Gasteiger partial charge in [-0.1, -0.05) is 75.9 Å². The second-order valence-corrected chi connectivity index (χ2v) is 13.0. The lowest BCUT2D eigenvalue weighted by Gasteiger charge is -2.18. The molecule has 0 unspecified atom stereocenters. The summed E-state index contributed by atoms with van der Waals surface area (Å²) in [5.74, 6) is 1.16. The average Bonchev–Trinajstić information content (AvgIpc) is 3.84. The first kappa shape index (κ1) is 45.0. The van der Waals surface area contributed by atoms with E-state index in [1.807, 2.05) is 84.6 Å². The lowest BCUT2D eigenvalue weighted by atomic mass is 10.2. The maximum absolute atomic E-state index is 12.4. The highest BCUT2D eigenvalue weighted by molar-refractivity contribution is 5.78. The van der Waals surface area contributed by atoms with Crippen LogP contribution in [0.4, 0.5) is 13.2 Å². The SMILES string of the molecule is C.CCc1ccc(OCC(=O)N2CC[C@H](O)C2)cc1.CCc1ccc(OCC(=O)N2CC[C@H](Oc3ccccc3C)C2)cc1.Oc1ccccc1OC(F)(F)F. The zero-order chi connectivity index (χ0) is 39.8. The molecule has 13 heteroatoms. The minimum absolute atomic E-state index is 0. The van der Waals surface area contributed by atoms with E-state index in [4.69, 9.17) is 19.3 Å². The van der Waals surface area contributed by atoms with Crippen molar-refractivity contribution in [1.29, 1.82) is 0 Å². The molecule has 2 fully saturated rings. The molecule has 2 atom stereocenters. The molecule has 0 bridgehead atoms. The molecule has 0 aromatic heterocycles. The topological polar surface area (TPSA) is 118 Å². The summed E-state index contributed by atoms with van der Waals surface area (Å²) in [5.41, 5.74) is 3.62. The van der Waals surface area contributed by atoms with Crippen molar-refractivity contribution in [2.24, 2.45) is 0 Å². The number of nitrogens with zero attached hydrogens (tertiary/aromatic N) is 2. The zero-order valence-corrected chi connectivity index (χ0v) is 31.3. The van der Waals surface area contributed by atoms with Gasteiger partial charge < -0.3 is 39.0 Å². The van der Waals surface area contributed by atoms with Crippen LogP contribution >= 0.6 is 0 Å². The van der Waals surface area contributed by atoms with Crippen LogP contribution in [0.15, 0.2) is 97.1 Å². The van der Waals surface area contributed by atoms with Gasteiger partial charge in [-0.25, -0.2) is 0 Å². The maximum atomic E-state index is 12.4. The number of aryl methyl sites for hydroxylation is 3. The van der Waals surface area contributed by atoms with Crippen LogP contribution in [0, 0.1) is 6.92 Å². The van der Waals surface area contributed by atoms with Gasteiger partial charge in [-0.2, -0.15) is 0 Å². The minimum Gasteiger partial charge on any atom is -0.504 e. The van der Waals surface area contributed by atoms with E-state index >= 15 is 0 Å². The summed E-state index contributed by atoms with van der Waals surface area (Å²) in [6.45, 7) is 8.74. The fraction of sp³-hybridized carbons (Fsp3) is 0.395. The summed E-state index contributed by atoms with van der Waals surface area (Å²) in [7, 11) is 0. The van der Waals surface area contributed by atoms with Crippen LogP contribution in [0.1, 0.15) is 50.8 Å². The number of carbonyl (C=O) groups excluding carboxylic acids is 2. The number of aliphatic hydroxyl groups excluding tert-OH is 1. The van der Waals surface area contributed by atoms with E-state index in [1.54, 1.807) is 4.90 Å². The lowest BCUT2D eigenvalue weighted by Crippen LogP contribution is -2.34. The Morgan fingerprint density at radius 2 is 1.20 bits per heavy atom. The van der Waals surface area contributed by atoms with Crippen molar-refractivity contribution in [2.45, 2.75) is 72.5 Å². The van der Waals surface area contributed by atoms with Crippen molar-refractivity contribution >= 4 is 11.8 Å². The molecule has 0 radical (unpaired) electrons. The number of rotatable bonds is 11. The molecule has 2 heterocycles. The van der Waals surface area contributed by atoms with Crippen molar-refractivity contribution in [3.63, 3.8) is 0 Å². The number of hydrogen-bond acceptors (Lipinski definition) is 8. The van der Waals surface area contributed by atoms with E-state index in [2.05, 4.69) is 18.6 Å². The number of halogens is 3.